The zero-order chi connectivity index (χ0) is 4.83. The van der Waals surface area contributed by atoms with Gasteiger partial charge < -0.3 is 5.32 Å². The molecule has 0 fully saturated rings. The smallest absolute Gasteiger partial charge is 0.309 e. The summed E-state index contributed by atoms with van der Waals surface area (Å²) < 4.78 is 0. The van der Waals surface area contributed by atoms with E-state index in [4.69, 9.17) is 0 Å². The van der Waals surface area contributed by atoms with Crippen molar-refractivity contribution in [2.24, 2.45) is 0 Å². The number of hydrogen-bond donors (Lipinski definition) is 1. The summed E-state index contributed by atoms with van der Waals surface area (Å²) >= 11 is 0. The Morgan fingerprint density at radius 3 is 2.83 bits per heavy atom. The third-order valence-corrected chi connectivity index (χ3v) is 0.378. The van der Waals surface area contributed by atoms with Crippen molar-refractivity contribution in [3.63, 3.8) is 0 Å². The van der Waals surface area contributed by atoms with E-state index in [0.29, 0.717) is 6.54 Å². The Balaban J connectivity index is 2.49. The van der Waals surface area contributed by atoms with Crippen LogP contribution in [0.4, 0.5) is 0 Å². The van der Waals surface area contributed by atoms with Crippen LogP contribution in [-0.2, 0) is 4.79 Å². The number of amides is 1. The van der Waals surface area contributed by atoms with Crippen LogP contribution in [0.3, 0.4) is 0 Å². The second-order valence-corrected chi connectivity index (χ2v) is 0.891. The SMILES string of the molecule is C[CH]CN[C]=O. The molecular formula is C4H7NO. The zero-order valence-corrected chi connectivity index (χ0v) is 3.69. The summed E-state index contributed by atoms with van der Waals surface area (Å²) in [7, 11) is 0. The summed E-state index contributed by atoms with van der Waals surface area (Å²) in [4.78, 5) is 9.31. The normalized spacial score (nSPS) is 7.50. The number of rotatable bonds is 3. The molecule has 0 aliphatic rings. The van der Waals surface area contributed by atoms with E-state index in [-0.39, 0.29) is 0 Å². The van der Waals surface area contributed by atoms with Crippen molar-refractivity contribution in [1.82, 2.24) is 5.32 Å². The molecule has 2 nitrogen and oxygen atoms in total. The number of hydrogen-bond acceptors (Lipinski definition) is 1. The van der Waals surface area contributed by atoms with Crippen molar-refractivity contribution < 1.29 is 4.79 Å². The molecule has 0 saturated heterocycles. The van der Waals surface area contributed by atoms with Crippen LogP contribution < -0.4 is 5.32 Å². The van der Waals surface area contributed by atoms with Gasteiger partial charge in [0.2, 0.25) is 0 Å². The van der Waals surface area contributed by atoms with Gasteiger partial charge >= 0.3 is 6.41 Å². The van der Waals surface area contributed by atoms with Crippen LogP contribution >= 0.6 is 0 Å². The molecule has 2 heteroatoms. The highest BCUT2D eigenvalue weighted by Gasteiger charge is 1.72. The molecule has 0 aromatic heterocycles. The van der Waals surface area contributed by atoms with Gasteiger partial charge in [0.25, 0.3) is 0 Å². The van der Waals surface area contributed by atoms with Gasteiger partial charge in [-0.15, -0.1) is 0 Å². The fourth-order valence-electron chi connectivity index (χ4n) is 0.144. The molecule has 0 aliphatic carbocycles. The Kier molecular flexibility index (Phi) is 4.08. The summed E-state index contributed by atoms with van der Waals surface area (Å²) in [5.41, 5.74) is 0. The fourth-order valence-corrected chi connectivity index (χ4v) is 0.144. The summed E-state index contributed by atoms with van der Waals surface area (Å²) in [5.74, 6) is 0. The molecule has 6 heavy (non-hydrogen) atoms. The highest BCUT2D eigenvalue weighted by atomic mass is 16.1. The second-order valence-electron chi connectivity index (χ2n) is 0.891. The maximum absolute atomic E-state index is 9.31. The maximum atomic E-state index is 9.31. The van der Waals surface area contributed by atoms with Crippen LogP contribution in [0.2, 0.25) is 0 Å². The van der Waals surface area contributed by atoms with Crippen molar-refractivity contribution in [2.45, 2.75) is 6.92 Å². The van der Waals surface area contributed by atoms with E-state index in [1.54, 1.807) is 0 Å². The molecule has 0 aromatic carbocycles. The summed E-state index contributed by atoms with van der Waals surface area (Å²) in [6.45, 7) is 2.48. The average molecular weight is 85.1 g/mol. The summed E-state index contributed by atoms with van der Waals surface area (Å²) in [6.07, 6.45) is 3.38. The summed E-state index contributed by atoms with van der Waals surface area (Å²) in [6, 6.07) is 0. The Hall–Kier alpha value is -0.530. The Bertz CT molecular complexity index is 36.5. The van der Waals surface area contributed by atoms with Gasteiger partial charge in [-0.1, -0.05) is 6.92 Å². The van der Waals surface area contributed by atoms with Gasteiger partial charge in [0.05, 0.1) is 0 Å². The Morgan fingerprint density at radius 2 is 2.67 bits per heavy atom. The lowest BCUT2D eigenvalue weighted by molar-refractivity contribution is 0.545. The molecular weight excluding hydrogens is 78.0 g/mol. The van der Waals surface area contributed by atoms with Crippen molar-refractivity contribution in [3.8, 4) is 0 Å². The minimum atomic E-state index is 0.615. The van der Waals surface area contributed by atoms with E-state index >= 15 is 0 Å². The second kappa shape index (κ2) is 4.47. The van der Waals surface area contributed by atoms with Crippen LogP contribution in [0.1, 0.15) is 6.92 Å². The monoisotopic (exact) mass is 85.1 g/mol. The van der Waals surface area contributed by atoms with Crippen molar-refractivity contribution in [1.29, 1.82) is 0 Å². The molecule has 0 spiro atoms. The molecule has 2 radical (unpaired) electrons. The van der Waals surface area contributed by atoms with Gasteiger partial charge in [0.1, 0.15) is 0 Å². The van der Waals surface area contributed by atoms with Gasteiger partial charge in [0.15, 0.2) is 0 Å². The molecule has 1 amide bonds. The van der Waals surface area contributed by atoms with E-state index < -0.39 is 0 Å². The minimum Gasteiger partial charge on any atom is -0.348 e. The highest BCUT2D eigenvalue weighted by molar-refractivity contribution is 5.47. The first kappa shape index (κ1) is 5.47. The molecule has 0 unspecified atom stereocenters. The Morgan fingerprint density at radius 1 is 2.00 bits per heavy atom. The largest absolute Gasteiger partial charge is 0.348 e. The van der Waals surface area contributed by atoms with Crippen LogP contribution in [0, 0.1) is 6.42 Å². The first-order chi connectivity index (χ1) is 2.91. The van der Waals surface area contributed by atoms with Crippen LogP contribution in [0.25, 0.3) is 0 Å². The first-order valence-electron chi connectivity index (χ1n) is 1.79. The van der Waals surface area contributed by atoms with Gasteiger partial charge in [-0.25, -0.2) is 0 Å². The third kappa shape index (κ3) is 3.47. The van der Waals surface area contributed by atoms with Crippen molar-refractivity contribution in [2.75, 3.05) is 6.54 Å². The van der Waals surface area contributed by atoms with Crippen LogP contribution in [0.15, 0.2) is 0 Å². The fraction of sp³-hybridized carbons (Fsp3) is 0.500. The van der Waals surface area contributed by atoms with E-state index in [2.05, 4.69) is 5.32 Å². The average Bonchev–Trinajstić information content (AvgIpc) is 1.61. The van der Waals surface area contributed by atoms with Gasteiger partial charge in [0, 0.05) is 6.54 Å². The number of nitrogens with one attached hydrogen (secondary N) is 1. The van der Waals surface area contributed by atoms with Gasteiger partial charge in [-0.2, -0.15) is 0 Å². The molecule has 0 saturated carbocycles. The highest BCUT2D eigenvalue weighted by Crippen LogP contribution is 1.60. The van der Waals surface area contributed by atoms with E-state index in [0.717, 1.165) is 0 Å². The number of carbonyl (C=O) groups excluding carboxylic acids is 1. The topological polar surface area (TPSA) is 29.1 Å². The van der Waals surface area contributed by atoms with E-state index in [9.17, 15) is 4.79 Å². The van der Waals surface area contributed by atoms with E-state index in [1.807, 2.05) is 13.3 Å². The Labute approximate surface area is 37.5 Å². The quantitative estimate of drug-likeness (QED) is 0.375. The lowest BCUT2D eigenvalue weighted by Gasteiger charge is -1.84. The first-order valence-corrected chi connectivity index (χ1v) is 1.79. The van der Waals surface area contributed by atoms with Crippen molar-refractivity contribution >= 4 is 6.41 Å². The van der Waals surface area contributed by atoms with Crippen molar-refractivity contribution in [3.05, 3.63) is 6.42 Å². The lowest BCUT2D eigenvalue weighted by Crippen LogP contribution is -2.10. The molecule has 34 valence electrons. The molecule has 0 atom stereocenters. The predicted molar refractivity (Wildman–Crippen MR) is 23.7 cm³/mol. The van der Waals surface area contributed by atoms with Crippen LogP contribution in [-0.4, -0.2) is 13.0 Å². The molecule has 0 rings (SSSR count). The molecule has 1 N–H and O–H groups in total. The summed E-state index contributed by atoms with van der Waals surface area (Å²) in [5, 5.41) is 2.34. The van der Waals surface area contributed by atoms with Gasteiger partial charge in [-0.05, 0) is 6.42 Å². The standard InChI is InChI=1S/C4H7NO/c1-2-3-5-4-6/h2H,3H2,1H3,(H,5,6). The molecule has 0 aliphatic heterocycles. The zero-order valence-electron chi connectivity index (χ0n) is 3.69. The maximum Gasteiger partial charge on any atom is 0.309 e. The molecule has 0 bridgehead atoms. The van der Waals surface area contributed by atoms with E-state index in [1.165, 1.54) is 6.41 Å². The van der Waals surface area contributed by atoms with Gasteiger partial charge in [-0.3, -0.25) is 4.79 Å². The molecule has 0 heterocycles. The molecule has 0 aromatic rings. The minimum absolute atomic E-state index is 0.615. The predicted octanol–water partition coefficient (Wildman–Crippen LogP) is -0.133. The lowest BCUT2D eigenvalue weighted by atomic mass is 10.5. The van der Waals surface area contributed by atoms with Crippen LogP contribution in [0.5, 0.6) is 0 Å². The third-order valence-electron chi connectivity index (χ3n) is 0.378.